The minimum Gasteiger partial charge on any atom is -0.0845 e. The molecule has 0 saturated carbocycles. The van der Waals surface area contributed by atoms with Gasteiger partial charge in [-0.05, 0) is 25.7 Å². The first-order valence-corrected chi connectivity index (χ1v) is 4.55. The lowest BCUT2D eigenvalue weighted by molar-refractivity contribution is 0.762. The third kappa shape index (κ3) is 4.73. The summed E-state index contributed by atoms with van der Waals surface area (Å²) in [6.07, 6.45) is 18.4. The summed E-state index contributed by atoms with van der Waals surface area (Å²) in [7, 11) is 0. The van der Waals surface area contributed by atoms with Gasteiger partial charge in [0.25, 0.3) is 0 Å². The van der Waals surface area contributed by atoms with Gasteiger partial charge < -0.3 is 0 Å². The van der Waals surface area contributed by atoms with E-state index < -0.39 is 0 Å². The van der Waals surface area contributed by atoms with E-state index in [4.69, 9.17) is 1.37 Å². The first-order valence-electron chi connectivity index (χ1n) is 5.05. The molecule has 64 valence electrons. The number of hydrogen-bond donors (Lipinski definition) is 0. The highest BCUT2D eigenvalue weighted by atomic mass is 13.9. The van der Waals surface area contributed by atoms with Gasteiger partial charge in [-0.3, -0.25) is 0 Å². The molecule has 1 aliphatic carbocycles. The van der Waals surface area contributed by atoms with Crippen LogP contribution in [0.3, 0.4) is 0 Å². The van der Waals surface area contributed by atoms with Crippen LogP contribution in [0.1, 0.15) is 27.1 Å². The molecule has 0 atom stereocenters. The average molecular weight is 161 g/mol. The highest BCUT2D eigenvalue weighted by Gasteiger charge is 1.82. The molecule has 0 aromatic rings. The maximum atomic E-state index is 7.57. The van der Waals surface area contributed by atoms with Crippen molar-refractivity contribution in [2.24, 2.45) is 0 Å². The molecule has 0 nitrogen and oxygen atoms in total. The molecule has 0 bridgehead atoms. The van der Waals surface area contributed by atoms with E-state index in [-0.39, 0.29) is 0 Å². The van der Waals surface area contributed by atoms with Gasteiger partial charge in [-0.2, -0.15) is 0 Å². The molecule has 0 N–H and O–H groups in total. The second-order valence-electron chi connectivity index (χ2n) is 2.81. The third-order valence-corrected chi connectivity index (χ3v) is 1.74. The summed E-state index contributed by atoms with van der Waals surface area (Å²) in [6.45, 7) is 0. The van der Waals surface area contributed by atoms with Gasteiger partial charge in [-0.1, -0.05) is 48.6 Å². The van der Waals surface area contributed by atoms with Gasteiger partial charge in [0.1, 0.15) is 0 Å². The Morgan fingerprint density at radius 2 is 1.42 bits per heavy atom. The molecule has 0 saturated heterocycles. The van der Waals surface area contributed by atoms with E-state index in [9.17, 15) is 0 Å². The number of allylic oxidation sites excluding steroid dienone is 8. The molecule has 0 amide bonds. The maximum Gasteiger partial charge on any atom is 0.0576 e. The van der Waals surface area contributed by atoms with Crippen molar-refractivity contribution in [3.63, 3.8) is 0 Å². The third-order valence-electron chi connectivity index (χ3n) is 1.74. The Hall–Kier alpha value is -1.04. The van der Waals surface area contributed by atoms with Crippen LogP contribution < -0.4 is 0 Å². The number of hydrogen-bond acceptors (Lipinski definition) is 0. The zero-order chi connectivity index (χ0) is 9.36. The second-order valence-corrected chi connectivity index (χ2v) is 2.81. The minimum atomic E-state index is 0.731. The van der Waals surface area contributed by atoms with Crippen LogP contribution in [0, 0.1) is 0 Å². The van der Waals surface area contributed by atoms with Crippen LogP contribution in [0.2, 0.25) is 0 Å². The Labute approximate surface area is 76.4 Å². The summed E-state index contributed by atoms with van der Waals surface area (Å²) in [5, 5.41) is 0. The van der Waals surface area contributed by atoms with E-state index in [0.29, 0.717) is 0 Å². The predicted molar refractivity (Wildman–Crippen MR) is 55.0 cm³/mol. The van der Waals surface area contributed by atoms with Crippen LogP contribution >= 0.6 is 0 Å². The standard InChI is InChI=1S/C12H16/c1-2-4-6-8-10-12-11-9-7-5-3-1/h1-8H,9-12H2/i7D. The molecule has 12 heavy (non-hydrogen) atoms. The lowest BCUT2D eigenvalue weighted by Gasteiger charge is -1.92. The molecule has 0 heteroatoms. The van der Waals surface area contributed by atoms with Crippen molar-refractivity contribution >= 4 is 0 Å². The lowest BCUT2D eigenvalue weighted by atomic mass is 10.1. The summed E-state index contributed by atoms with van der Waals surface area (Å²) in [5.41, 5.74) is 0. The van der Waals surface area contributed by atoms with Crippen LogP contribution in [0.25, 0.3) is 0 Å². The molecule has 1 aliphatic rings. The van der Waals surface area contributed by atoms with Crippen LogP contribution in [-0.2, 0) is 0 Å². The summed E-state index contributed by atoms with van der Waals surface area (Å²) in [6, 6.07) is 0.731. The van der Waals surface area contributed by atoms with Gasteiger partial charge in [0, 0.05) is 0 Å². The first-order chi connectivity index (χ1) is 6.39. The van der Waals surface area contributed by atoms with Gasteiger partial charge in [-0.25, -0.2) is 0 Å². The Balaban J connectivity index is 2.54. The Kier molecular flexibility index (Phi) is 4.22. The van der Waals surface area contributed by atoms with Crippen molar-refractivity contribution in [3.8, 4) is 0 Å². The van der Waals surface area contributed by atoms with Gasteiger partial charge in [-0.15, -0.1) is 0 Å². The highest BCUT2D eigenvalue weighted by Crippen LogP contribution is 2.02. The summed E-state index contributed by atoms with van der Waals surface area (Å²) >= 11 is 0. The quantitative estimate of drug-likeness (QED) is 0.507. The van der Waals surface area contributed by atoms with E-state index in [1.807, 2.05) is 30.4 Å². The zero-order valence-electron chi connectivity index (χ0n) is 8.37. The molecule has 0 unspecified atom stereocenters. The molecular formula is C12H16. The normalized spacial score (nSPS) is 20.7. The average Bonchev–Trinajstić information content (AvgIpc) is 2.11. The zero-order valence-corrected chi connectivity index (χ0v) is 7.37. The van der Waals surface area contributed by atoms with Crippen molar-refractivity contribution in [1.82, 2.24) is 0 Å². The van der Waals surface area contributed by atoms with Crippen molar-refractivity contribution in [1.29, 1.82) is 0 Å². The Bertz CT molecular complexity index is 244. The monoisotopic (exact) mass is 161 g/mol. The highest BCUT2D eigenvalue weighted by molar-refractivity contribution is 5.15. The van der Waals surface area contributed by atoms with E-state index in [0.717, 1.165) is 25.3 Å². The molecular weight excluding hydrogens is 144 g/mol. The lowest BCUT2D eigenvalue weighted by Crippen LogP contribution is -1.72. The molecule has 1 rings (SSSR count). The predicted octanol–water partition coefficient (Wildman–Crippen LogP) is 3.79. The van der Waals surface area contributed by atoms with Crippen molar-refractivity contribution in [3.05, 3.63) is 48.6 Å². The van der Waals surface area contributed by atoms with Crippen LogP contribution in [0.15, 0.2) is 48.6 Å². The van der Waals surface area contributed by atoms with Crippen LogP contribution in [-0.4, -0.2) is 0 Å². The smallest absolute Gasteiger partial charge is 0.0576 e. The van der Waals surface area contributed by atoms with Gasteiger partial charge in [0.05, 0.1) is 1.37 Å². The molecule has 0 aliphatic heterocycles. The van der Waals surface area contributed by atoms with Gasteiger partial charge in [0.2, 0.25) is 0 Å². The molecule has 0 aromatic carbocycles. The molecule has 0 radical (unpaired) electrons. The molecule has 0 fully saturated rings. The fraction of sp³-hybridized carbons (Fsp3) is 0.333. The largest absolute Gasteiger partial charge is 0.0845 e. The first kappa shape index (κ1) is 7.60. The minimum absolute atomic E-state index is 0.731. The summed E-state index contributed by atoms with van der Waals surface area (Å²) in [5.74, 6) is 0. The van der Waals surface area contributed by atoms with Crippen LogP contribution in [0.5, 0.6) is 0 Å². The summed E-state index contributed by atoms with van der Waals surface area (Å²) < 4.78 is 7.57. The molecule has 0 spiro atoms. The Morgan fingerprint density at radius 1 is 0.750 bits per heavy atom. The number of rotatable bonds is 0. The van der Waals surface area contributed by atoms with Gasteiger partial charge >= 0.3 is 0 Å². The topological polar surface area (TPSA) is 0 Å². The molecule has 0 aromatic heterocycles. The van der Waals surface area contributed by atoms with Crippen molar-refractivity contribution in [2.45, 2.75) is 25.7 Å². The van der Waals surface area contributed by atoms with E-state index in [1.54, 1.807) is 0 Å². The van der Waals surface area contributed by atoms with Crippen LogP contribution in [0.4, 0.5) is 0 Å². The van der Waals surface area contributed by atoms with Crippen molar-refractivity contribution in [2.75, 3.05) is 0 Å². The van der Waals surface area contributed by atoms with Crippen molar-refractivity contribution < 1.29 is 1.37 Å². The summed E-state index contributed by atoms with van der Waals surface area (Å²) in [4.78, 5) is 0. The van der Waals surface area contributed by atoms with E-state index in [2.05, 4.69) is 12.2 Å². The fourth-order valence-electron chi connectivity index (χ4n) is 1.06. The molecule has 0 heterocycles. The van der Waals surface area contributed by atoms with Gasteiger partial charge in [0.15, 0.2) is 0 Å². The SMILES string of the molecule is [2H]C1=CC=CC=CC=CCCCC1. The van der Waals surface area contributed by atoms with E-state index in [1.165, 1.54) is 6.42 Å². The van der Waals surface area contributed by atoms with E-state index >= 15 is 0 Å². The Morgan fingerprint density at radius 3 is 2.33 bits per heavy atom. The second kappa shape index (κ2) is 6.66. The maximum absolute atomic E-state index is 7.57. The fourth-order valence-corrected chi connectivity index (χ4v) is 1.06.